The van der Waals surface area contributed by atoms with Crippen LogP contribution in [0, 0.1) is 13.8 Å². The van der Waals surface area contributed by atoms with Gasteiger partial charge in [-0.2, -0.15) is 0 Å². The Bertz CT molecular complexity index is 757. The van der Waals surface area contributed by atoms with Gasteiger partial charge in [-0.05, 0) is 49.7 Å². The second-order valence-electron chi connectivity index (χ2n) is 5.13. The molecule has 0 saturated heterocycles. The number of esters is 1. The Morgan fingerprint density at radius 3 is 2.00 bits per heavy atom. The van der Waals surface area contributed by atoms with Gasteiger partial charge < -0.3 is 9.84 Å². The van der Waals surface area contributed by atoms with Crippen LogP contribution in [-0.2, 0) is 14.6 Å². The van der Waals surface area contributed by atoms with E-state index in [-0.39, 0.29) is 5.75 Å². The van der Waals surface area contributed by atoms with Crippen LogP contribution in [0.25, 0.3) is 0 Å². The smallest absolute Gasteiger partial charge is 0.337 e. The first kappa shape index (κ1) is 18.7. The van der Waals surface area contributed by atoms with Crippen LogP contribution in [0.2, 0.25) is 0 Å². The van der Waals surface area contributed by atoms with Gasteiger partial charge in [0.25, 0.3) is 0 Å². The molecule has 1 N–H and O–H groups in total. The maximum Gasteiger partial charge on any atom is 0.337 e. The molecule has 0 amide bonds. The fourth-order valence-corrected chi connectivity index (χ4v) is 2.41. The predicted molar refractivity (Wildman–Crippen MR) is 88.5 cm³/mol. The number of phenolic OH excluding ortho intramolecular Hbond substituents is 1. The first-order chi connectivity index (χ1) is 10.6. The molecule has 124 valence electrons. The predicted octanol–water partition coefficient (Wildman–Crippen LogP) is 2.89. The van der Waals surface area contributed by atoms with Gasteiger partial charge in [-0.25, -0.2) is 13.2 Å². The van der Waals surface area contributed by atoms with E-state index in [1.54, 1.807) is 43.3 Å². The van der Waals surface area contributed by atoms with Crippen molar-refractivity contribution in [1.29, 1.82) is 0 Å². The standard InChI is InChI=1S/C9H10O3.C8H10O2S/c1-6-3-7(9(11)12-2)5-8(10)4-6;1-7-3-5-8(6-4-7)11(2,9)10/h3-5,10H,1-2H3;3-6H,1-2H3. The van der Waals surface area contributed by atoms with Crippen molar-refractivity contribution in [2.75, 3.05) is 13.4 Å². The van der Waals surface area contributed by atoms with E-state index in [0.717, 1.165) is 11.1 Å². The fraction of sp³-hybridized carbons (Fsp3) is 0.235. The Morgan fingerprint density at radius 2 is 1.57 bits per heavy atom. The van der Waals surface area contributed by atoms with E-state index < -0.39 is 15.8 Å². The largest absolute Gasteiger partial charge is 0.508 e. The Morgan fingerprint density at radius 1 is 1.00 bits per heavy atom. The van der Waals surface area contributed by atoms with Crippen LogP contribution >= 0.6 is 0 Å². The Balaban J connectivity index is 0.000000231. The summed E-state index contributed by atoms with van der Waals surface area (Å²) in [6.45, 7) is 3.72. The number of ether oxygens (including phenoxy) is 1. The molecule has 0 bridgehead atoms. The van der Waals surface area contributed by atoms with Gasteiger partial charge in [-0.15, -0.1) is 0 Å². The zero-order chi connectivity index (χ0) is 17.6. The van der Waals surface area contributed by atoms with Crippen molar-refractivity contribution in [2.24, 2.45) is 0 Å². The molecule has 0 spiro atoms. The number of hydrogen-bond donors (Lipinski definition) is 1. The molecule has 0 atom stereocenters. The van der Waals surface area contributed by atoms with Crippen molar-refractivity contribution in [3.8, 4) is 5.75 Å². The second kappa shape index (κ2) is 7.78. The molecule has 0 aliphatic rings. The van der Waals surface area contributed by atoms with Crippen molar-refractivity contribution < 1.29 is 23.1 Å². The molecule has 2 rings (SSSR count). The molecule has 2 aromatic rings. The highest BCUT2D eigenvalue weighted by molar-refractivity contribution is 7.90. The number of aromatic hydroxyl groups is 1. The summed E-state index contributed by atoms with van der Waals surface area (Å²) >= 11 is 0. The first-order valence-electron chi connectivity index (χ1n) is 6.79. The van der Waals surface area contributed by atoms with Gasteiger partial charge in [0.05, 0.1) is 17.6 Å². The van der Waals surface area contributed by atoms with Crippen LogP contribution in [0.15, 0.2) is 47.4 Å². The number of carbonyl (C=O) groups excluding carboxylic acids is 1. The number of carbonyl (C=O) groups is 1. The number of benzene rings is 2. The summed E-state index contributed by atoms with van der Waals surface area (Å²) in [4.78, 5) is 11.4. The van der Waals surface area contributed by atoms with E-state index in [0.29, 0.717) is 10.5 Å². The van der Waals surface area contributed by atoms with E-state index in [4.69, 9.17) is 5.11 Å². The maximum atomic E-state index is 11.0. The van der Waals surface area contributed by atoms with Crippen LogP contribution < -0.4 is 0 Å². The highest BCUT2D eigenvalue weighted by Gasteiger charge is 2.06. The lowest BCUT2D eigenvalue weighted by Gasteiger charge is -2.01. The molecule has 23 heavy (non-hydrogen) atoms. The number of aryl methyl sites for hydroxylation is 2. The molecule has 0 aliphatic heterocycles. The normalized spacial score (nSPS) is 10.4. The molecule has 0 unspecified atom stereocenters. The molecule has 0 saturated carbocycles. The average Bonchev–Trinajstić information content (AvgIpc) is 2.45. The zero-order valence-corrected chi connectivity index (χ0v) is 14.3. The summed E-state index contributed by atoms with van der Waals surface area (Å²) in [5.41, 5.74) is 2.27. The Labute approximate surface area is 136 Å². The minimum atomic E-state index is -3.02. The molecule has 0 aliphatic carbocycles. The molecule has 0 fully saturated rings. The molecular weight excluding hydrogens is 316 g/mol. The number of methoxy groups -OCH3 is 1. The van der Waals surface area contributed by atoms with Crippen molar-refractivity contribution >= 4 is 15.8 Å². The van der Waals surface area contributed by atoms with E-state index in [2.05, 4.69) is 4.74 Å². The van der Waals surface area contributed by atoms with Crippen molar-refractivity contribution in [1.82, 2.24) is 0 Å². The number of sulfone groups is 1. The fourth-order valence-electron chi connectivity index (χ4n) is 1.78. The monoisotopic (exact) mass is 336 g/mol. The second-order valence-corrected chi connectivity index (χ2v) is 7.15. The molecule has 0 radical (unpaired) electrons. The highest BCUT2D eigenvalue weighted by Crippen LogP contribution is 2.15. The lowest BCUT2D eigenvalue weighted by molar-refractivity contribution is 0.0600. The van der Waals surface area contributed by atoms with Gasteiger partial charge in [0.2, 0.25) is 0 Å². The molecule has 0 aromatic heterocycles. The third-order valence-electron chi connectivity index (χ3n) is 2.93. The van der Waals surface area contributed by atoms with Gasteiger partial charge in [0, 0.05) is 6.26 Å². The molecular formula is C17H20O5S. The highest BCUT2D eigenvalue weighted by atomic mass is 32.2. The molecule has 2 aromatic carbocycles. The van der Waals surface area contributed by atoms with Gasteiger partial charge in [0.15, 0.2) is 9.84 Å². The van der Waals surface area contributed by atoms with Crippen LogP contribution in [-0.4, -0.2) is 32.9 Å². The molecule has 6 heteroatoms. The third kappa shape index (κ3) is 6.12. The summed E-state index contributed by atoms with van der Waals surface area (Å²) in [6.07, 6.45) is 1.21. The number of hydrogen-bond acceptors (Lipinski definition) is 5. The van der Waals surface area contributed by atoms with Gasteiger partial charge in [0.1, 0.15) is 5.75 Å². The third-order valence-corrected chi connectivity index (χ3v) is 4.06. The lowest BCUT2D eigenvalue weighted by Crippen LogP contribution is -2.00. The summed E-state index contributed by atoms with van der Waals surface area (Å²) in [5.74, 6) is -0.357. The topological polar surface area (TPSA) is 80.7 Å². The Hall–Kier alpha value is -2.34. The van der Waals surface area contributed by atoms with Gasteiger partial charge >= 0.3 is 5.97 Å². The minimum Gasteiger partial charge on any atom is -0.508 e. The van der Waals surface area contributed by atoms with Crippen molar-refractivity contribution in [2.45, 2.75) is 18.7 Å². The van der Waals surface area contributed by atoms with Crippen molar-refractivity contribution in [3.63, 3.8) is 0 Å². The van der Waals surface area contributed by atoms with Crippen LogP contribution in [0.3, 0.4) is 0 Å². The SMILES string of the molecule is COC(=O)c1cc(C)cc(O)c1.Cc1ccc(S(C)(=O)=O)cc1. The van der Waals surface area contributed by atoms with Crippen LogP contribution in [0.4, 0.5) is 0 Å². The summed E-state index contributed by atoms with van der Waals surface area (Å²) < 4.78 is 26.4. The maximum absolute atomic E-state index is 11.0. The number of phenols is 1. The summed E-state index contributed by atoms with van der Waals surface area (Å²) in [6, 6.07) is 11.4. The number of rotatable bonds is 2. The van der Waals surface area contributed by atoms with E-state index in [9.17, 15) is 13.2 Å². The quantitative estimate of drug-likeness (QED) is 0.853. The first-order valence-corrected chi connectivity index (χ1v) is 8.68. The van der Waals surface area contributed by atoms with Crippen LogP contribution in [0.1, 0.15) is 21.5 Å². The molecule has 0 heterocycles. The van der Waals surface area contributed by atoms with Gasteiger partial charge in [-0.1, -0.05) is 17.7 Å². The molecule has 5 nitrogen and oxygen atoms in total. The summed E-state index contributed by atoms with van der Waals surface area (Å²) in [7, 11) is -1.71. The van der Waals surface area contributed by atoms with E-state index in [1.165, 1.54) is 19.4 Å². The summed E-state index contributed by atoms with van der Waals surface area (Å²) in [5, 5.41) is 9.13. The zero-order valence-electron chi connectivity index (χ0n) is 13.5. The van der Waals surface area contributed by atoms with E-state index in [1.807, 2.05) is 6.92 Å². The Kier molecular flexibility index (Phi) is 6.33. The van der Waals surface area contributed by atoms with Crippen LogP contribution in [0.5, 0.6) is 5.75 Å². The van der Waals surface area contributed by atoms with E-state index >= 15 is 0 Å². The average molecular weight is 336 g/mol. The van der Waals surface area contributed by atoms with Crippen molar-refractivity contribution in [3.05, 3.63) is 59.2 Å². The minimum absolute atomic E-state index is 0.0791. The van der Waals surface area contributed by atoms with Gasteiger partial charge in [-0.3, -0.25) is 0 Å². The lowest BCUT2D eigenvalue weighted by atomic mass is 10.1.